The zero-order valence-corrected chi connectivity index (χ0v) is 15.6. The van der Waals surface area contributed by atoms with E-state index in [0.717, 1.165) is 31.2 Å². The highest BCUT2D eigenvalue weighted by Gasteiger charge is 2.33. The van der Waals surface area contributed by atoms with Crippen LogP contribution in [0.15, 0.2) is 23.0 Å². The van der Waals surface area contributed by atoms with Crippen molar-refractivity contribution in [1.82, 2.24) is 9.78 Å². The molecule has 1 aliphatic carbocycles. The van der Waals surface area contributed by atoms with Crippen LogP contribution in [0, 0.1) is 0 Å². The second kappa shape index (κ2) is 6.67. The lowest BCUT2D eigenvalue weighted by Crippen LogP contribution is -2.21. The number of fused-ring (bicyclic) bond motifs is 2. The number of hydrogen-bond donors (Lipinski definition) is 2. The summed E-state index contributed by atoms with van der Waals surface area (Å²) in [7, 11) is 0. The molecule has 8 heteroatoms. The van der Waals surface area contributed by atoms with Crippen LogP contribution in [0.1, 0.15) is 54.5 Å². The molecule has 5 rings (SSSR count). The number of amides is 1. The van der Waals surface area contributed by atoms with Gasteiger partial charge in [0.15, 0.2) is 11.5 Å². The van der Waals surface area contributed by atoms with E-state index in [2.05, 4.69) is 10.4 Å². The summed E-state index contributed by atoms with van der Waals surface area (Å²) in [5, 5.41) is 5.75. The van der Waals surface area contributed by atoms with Crippen molar-refractivity contribution in [3.05, 3.63) is 39.7 Å². The van der Waals surface area contributed by atoms with Gasteiger partial charge < -0.3 is 14.8 Å². The van der Waals surface area contributed by atoms with Crippen molar-refractivity contribution in [3.8, 4) is 11.5 Å². The Hall–Kier alpha value is -2.35. The van der Waals surface area contributed by atoms with Crippen molar-refractivity contribution in [2.45, 2.75) is 43.4 Å². The van der Waals surface area contributed by atoms with Crippen LogP contribution in [0.5, 0.6) is 11.5 Å². The number of H-pyrrole nitrogens is 1. The number of benzene rings is 1. The minimum atomic E-state index is -0.234. The molecule has 1 aromatic heterocycles. The summed E-state index contributed by atoms with van der Waals surface area (Å²) in [6.45, 7) is 0.209. The van der Waals surface area contributed by atoms with E-state index in [1.54, 1.807) is 0 Å². The summed E-state index contributed by atoms with van der Waals surface area (Å²) in [4.78, 5) is 25.3. The maximum Gasteiger partial charge on any atom is 0.270 e. The normalized spacial score (nSPS) is 22.2. The van der Waals surface area contributed by atoms with Crippen molar-refractivity contribution in [1.29, 1.82) is 0 Å². The van der Waals surface area contributed by atoms with Gasteiger partial charge in [-0.1, -0.05) is 25.3 Å². The van der Waals surface area contributed by atoms with Gasteiger partial charge in [0, 0.05) is 0 Å². The first-order valence-corrected chi connectivity index (χ1v) is 10.4. The summed E-state index contributed by atoms with van der Waals surface area (Å²) in [5.41, 5.74) is 1.43. The average Bonchev–Trinajstić information content (AvgIpc) is 3.23. The Morgan fingerprint density at radius 2 is 1.89 bits per heavy atom. The highest BCUT2D eigenvalue weighted by molar-refractivity contribution is 8.00. The third-order valence-corrected chi connectivity index (χ3v) is 6.77. The Kier molecular flexibility index (Phi) is 4.15. The molecule has 142 valence electrons. The number of ether oxygens (including phenoxy) is 2. The van der Waals surface area contributed by atoms with Crippen LogP contribution in [0.2, 0.25) is 0 Å². The van der Waals surface area contributed by atoms with E-state index in [9.17, 15) is 9.59 Å². The van der Waals surface area contributed by atoms with Crippen molar-refractivity contribution in [3.63, 3.8) is 0 Å². The van der Waals surface area contributed by atoms with Crippen LogP contribution >= 0.6 is 11.8 Å². The van der Waals surface area contributed by atoms with E-state index >= 15 is 0 Å². The zero-order valence-electron chi connectivity index (χ0n) is 14.8. The lowest BCUT2D eigenvalue weighted by Gasteiger charge is -2.24. The van der Waals surface area contributed by atoms with Crippen molar-refractivity contribution < 1.29 is 14.3 Å². The standard InChI is InChI=1S/C19H21N3O4S/c23-15-9-27-17(11-6-7-13-14(8-11)26-10-25-13)16-18(20-15)22(21-19(16)24)12-4-2-1-3-5-12/h6-8,12,17H,1-5,9-10H2,(H,20,23)(H,21,24)/t17-/m0/s1. The molecule has 0 bridgehead atoms. The summed E-state index contributed by atoms with van der Waals surface area (Å²) >= 11 is 1.47. The molecule has 1 amide bonds. The van der Waals surface area contributed by atoms with Gasteiger partial charge in [-0.15, -0.1) is 11.8 Å². The van der Waals surface area contributed by atoms with Gasteiger partial charge in [-0.2, -0.15) is 0 Å². The van der Waals surface area contributed by atoms with Crippen LogP contribution < -0.4 is 20.3 Å². The van der Waals surface area contributed by atoms with Crippen LogP contribution in [0.3, 0.4) is 0 Å². The third kappa shape index (κ3) is 2.92. The largest absolute Gasteiger partial charge is 0.454 e. The number of nitrogens with zero attached hydrogens (tertiary/aromatic N) is 1. The predicted molar refractivity (Wildman–Crippen MR) is 103 cm³/mol. The molecule has 1 saturated carbocycles. The molecule has 2 aromatic rings. The number of aromatic amines is 1. The quantitative estimate of drug-likeness (QED) is 0.827. The van der Waals surface area contributed by atoms with Gasteiger partial charge in [0.25, 0.3) is 5.56 Å². The number of rotatable bonds is 2. The minimum Gasteiger partial charge on any atom is -0.454 e. The highest BCUT2D eigenvalue weighted by atomic mass is 32.2. The van der Waals surface area contributed by atoms with Crippen LogP contribution in [0.4, 0.5) is 5.82 Å². The summed E-state index contributed by atoms with van der Waals surface area (Å²) in [6, 6.07) is 5.96. The highest BCUT2D eigenvalue weighted by Crippen LogP contribution is 2.44. The first-order chi connectivity index (χ1) is 13.2. The lowest BCUT2D eigenvalue weighted by molar-refractivity contribution is -0.113. The Labute approximate surface area is 160 Å². The van der Waals surface area contributed by atoms with Gasteiger partial charge in [0.1, 0.15) is 5.82 Å². The Bertz CT molecular complexity index is 945. The molecular weight excluding hydrogens is 366 g/mol. The van der Waals surface area contributed by atoms with Crippen LogP contribution in [-0.2, 0) is 4.79 Å². The SMILES string of the molecule is O=C1CS[C@@H](c2ccc3c(c2)OCO3)c2c(n(C3CCCCC3)[nH]c2=O)N1. The van der Waals surface area contributed by atoms with Gasteiger partial charge in [-0.3, -0.25) is 19.4 Å². The number of hydrogen-bond acceptors (Lipinski definition) is 5. The topological polar surface area (TPSA) is 85.3 Å². The molecule has 1 fully saturated rings. The number of carbonyl (C=O) groups is 1. The molecule has 1 atom stereocenters. The molecule has 0 spiro atoms. The molecule has 2 aliphatic heterocycles. The Balaban J connectivity index is 1.60. The maximum absolute atomic E-state index is 12.9. The molecule has 27 heavy (non-hydrogen) atoms. The molecule has 0 radical (unpaired) electrons. The second-order valence-corrected chi connectivity index (χ2v) is 8.31. The van der Waals surface area contributed by atoms with Gasteiger partial charge >= 0.3 is 0 Å². The monoisotopic (exact) mass is 387 g/mol. The van der Waals surface area contributed by atoms with Gasteiger partial charge in [-0.05, 0) is 30.5 Å². The van der Waals surface area contributed by atoms with Gasteiger partial charge in [0.05, 0.1) is 22.6 Å². The number of nitrogens with one attached hydrogen (secondary N) is 2. The first kappa shape index (κ1) is 16.8. The van der Waals surface area contributed by atoms with E-state index in [0.29, 0.717) is 28.6 Å². The molecule has 3 aliphatic rings. The number of carbonyl (C=O) groups excluding carboxylic acids is 1. The van der Waals surface area contributed by atoms with Gasteiger partial charge in [0.2, 0.25) is 12.7 Å². The van der Waals surface area contributed by atoms with E-state index in [-0.39, 0.29) is 29.6 Å². The van der Waals surface area contributed by atoms with Crippen molar-refractivity contribution in [2.24, 2.45) is 0 Å². The van der Waals surface area contributed by atoms with Gasteiger partial charge in [-0.25, -0.2) is 0 Å². The third-order valence-electron chi connectivity index (χ3n) is 5.50. The smallest absolute Gasteiger partial charge is 0.270 e. The van der Waals surface area contributed by atoms with Crippen molar-refractivity contribution in [2.75, 3.05) is 17.9 Å². The number of thioether (sulfide) groups is 1. The van der Waals surface area contributed by atoms with E-state index in [1.807, 2.05) is 22.9 Å². The van der Waals surface area contributed by atoms with E-state index in [4.69, 9.17) is 9.47 Å². The fourth-order valence-corrected chi connectivity index (χ4v) is 5.31. The summed E-state index contributed by atoms with van der Waals surface area (Å²) < 4.78 is 12.8. The number of aromatic nitrogens is 2. The molecule has 1 aromatic carbocycles. The molecule has 0 unspecified atom stereocenters. The number of anilines is 1. The first-order valence-electron chi connectivity index (χ1n) is 9.36. The molecule has 0 saturated heterocycles. The molecule has 2 N–H and O–H groups in total. The Morgan fingerprint density at radius 3 is 2.74 bits per heavy atom. The molecule has 3 heterocycles. The summed E-state index contributed by atoms with van der Waals surface area (Å²) in [5.74, 6) is 2.25. The summed E-state index contributed by atoms with van der Waals surface area (Å²) in [6.07, 6.45) is 5.57. The zero-order chi connectivity index (χ0) is 18.4. The molecule has 7 nitrogen and oxygen atoms in total. The predicted octanol–water partition coefficient (Wildman–Crippen LogP) is 3.18. The minimum absolute atomic E-state index is 0.0759. The lowest BCUT2D eigenvalue weighted by atomic mass is 9.95. The van der Waals surface area contributed by atoms with E-state index < -0.39 is 0 Å². The fraction of sp³-hybridized carbons (Fsp3) is 0.474. The van der Waals surface area contributed by atoms with Crippen LogP contribution in [-0.4, -0.2) is 28.2 Å². The van der Waals surface area contributed by atoms with E-state index in [1.165, 1.54) is 18.2 Å². The average molecular weight is 387 g/mol. The van der Waals surface area contributed by atoms with Crippen molar-refractivity contribution >= 4 is 23.5 Å². The van der Waals surface area contributed by atoms with Crippen LogP contribution in [0.25, 0.3) is 0 Å². The fourth-order valence-electron chi connectivity index (χ4n) is 4.20. The Morgan fingerprint density at radius 1 is 1.07 bits per heavy atom. The molecular formula is C19H21N3O4S. The maximum atomic E-state index is 12.9. The second-order valence-electron chi connectivity index (χ2n) is 7.22.